The Morgan fingerprint density at radius 1 is 1.38 bits per heavy atom. The van der Waals surface area contributed by atoms with Crippen LogP contribution >= 0.6 is 0 Å². The molecule has 0 spiro atoms. The second-order valence-electron chi connectivity index (χ2n) is 2.76. The molecule has 0 aliphatic carbocycles. The van der Waals surface area contributed by atoms with E-state index in [0.717, 1.165) is 12.2 Å². The first-order valence-electron chi connectivity index (χ1n) is 4.07. The Hall–Kier alpha value is -0.870. The molecular weight excluding hydrogens is 186 g/mol. The summed E-state index contributed by atoms with van der Waals surface area (Å²) in [7, 11) is 1.98. The van der Waals surface area contributed by atoms with Gasteiger partial charge in [-0.3, -0.25) is 0 Å². The van der Waals surface area contributed by atoms with Gasteiger partial charge in [0.25, 0.3) is 0 Å². The first-order valence-corrected chi connectivity index (χ1v) is 5.18. The summed E-state index contributed by atoms with van der Waals surface area (Å²) in [6, 6.07) is 7.01. The highest BCUT2D eigenvalue weighted by Crippen LogP contribution is 2.14. The van der Waals surface area contributed by atoms with Gasteiger partial charge in [-0.15, -0.1) is 0 Å². The van der Waals surface area contributed by atoms with Crippen molar-refractivity contribution in [2.45, 2.75) is 11.8 Å². The molecule has 1 unspecified atom stereocenters. The number of benzene rings is 1. The number of hydrogen-bond acceptors (Lipinski definition) is 2. The van der Waals surface area contributed by atoms with Crippen molar-refractivity contribution < 1.29 is 8.76 Å². The van der Waals surface area contributed by atoms with Crippen LogP contribution in [-0.4, -0.2) is 22.4 Å². The van der Waals surface area contributed by atoms with Gasteiger partial charge in [-0.25, -0.2) is 4.21 Å². The van der Waals surface area contributed by atoms with Gasteiger partial charge in [0.1, 0.15) is 0 Å². The summed E-state index contributed by atoms with van der Waals surface area (Å²) >= 11 is -1.87. The maximum atomic E-state index is 10.6. The van der Waals surface area contributed by atoms with Crippen molar-refractivity contribution in [1.82, 2.24) is 0 Å². The van der Waals surface area contributed by atoms with Crippen molar-refractivity contribution in [2.24, 2.45) is 0 Å². The maximum absolute atomic E-state index is 10.6. The fourth-order valence-corrected chi connectivity index (χ4v) is 1.37. The Bertz CT molecular complexity index is 297. The molecular formula is C9H13NO2S. The molecule has 0 aromatic heterocycles. The van der Waals surface area contributed by atoms with Crippen molar-refractivity contribution >= 4 is 16.8 Å². The van der Waals surface area contributed by atoms with E-state index < -0.39 is 11.1 Å². The van der Waals surface area contributed by atoms with Gasteiger partial charge < -0.3 is 9.45 Å². The molecule has 0 fully saturated rings. The topological polar surface area (TPSA) is 40.5 Å². The average molecular weight is 199 g/mol. The third-order valence-corrected chi connectivity index (χ3v) is 2.63. The number of rotatable bonds is 3. The number of nitrogens with zero attached hydrogens (tertiary/aromatic N) is 1. The average Bonchev–Trinajstić information content (AvgIpc) is 2.17. The Labute approximate surface area is 80.7 Å². The lowest BCUT2D eigenvalue weighted by Gasteiger charge is -2.16. The zero-order valence-corrected chi connectivity index (χ0v) is 8.54. The molecule has 1 aromatic carbocycles. The summed E-state index contributed by atoms with van der Waals surface area (Å²) < 4.78 is 19.4. The molecule has 3 nitrogen and oxygen atoms in total. The van der Waals surface area contributed by atoms with E-state index in [9.17, 15) is 4.21 Å². The minimum atomic E-state index is -1.87. The molecule has 0 radical (unpaired) electrons. The molecule has 0 aliphatic rings. The lowest BCUT2D eigenvalue weighted by Crippen LogP contribution is -2.15. The Kier molecular flexibility index (Phi) is 3.45. The second-order valence-corrected chi connectivity index (χ2v) is 3.73. The Morgan fingerprint density at radius 2 is 1.92 bits per heavy atom. The highest BCUT2D eigenvalue weighted by molar-refractivity contribution is 7.79. The van der Waals surface area contributed by atoms with Crippen LogP contribution in [0, 0.1) is 0 Å². The largest absolute Gasteiger partial charge is 0.375 e. The van der Waals surface area contributed by atoms with E-state index in [-0.39, 0.29) is 0 Å². The van der Waals surface area contributed by atoms with Gasteiger partial charge in [0, 0.05) is 19.3 Å². The fourth-order valence-electron chi connectivity index (χ4n) is 1.000. The van der Waals surface area contributed by atoms with Crippen LogP contribution in [0.2, 0.25) is 0 Å². The maximum Gasteiger partial charge on any atom is 0.186 e. The fraction of sp³-hybridized carbons (Fsp3) is 0.333. The smallest absolute Gasteiger partial charge is 0.186 e. The van der Waals surface area contributed by atoms with Gasteiger partial charge in [0.2, 0.25) is 0 Å². The van der Waals surface area contributed by atoms with Crippen LogP contribution in [0.1, 0.15) is 6.92 Å². The molecule has 1 rings (SSSR count). The number of anilines is 1. The van der Waals surface area contributed by atoms with Gasteiger partial charge in [0.15, 0.2) is 11.1 Å². The van der Waals surface area contributed by atoms with E-state index in [0.29, 0.717) is 4.90 Å². The monoisotopic (exact) mass is 199 g/mol. The van der Waals surface area contributed by atoms with E-state index >= 15 is 0 Å². The van der Waals surface area contributed by atoms with Gasteiger partial charge in [-0.1, -0.05) is 0 Å². The molecule has 1 N–H and O–H groups in total. The predicted molar refractivity (Wildman–Crippen MR) is 54.4 cm³/mol. The van der Waals surface area contributed by atoms with Crippen LogP contribution in [0.3, 0.4) is 0 Å². The zero-order valence-electron chi connectivity index (χ0n) is 7.73. The van der Waals surface area contributed by atoms with E-state index in [1.165, 1.54) is 0 Å². The first-order chi connectivity index (χ1) is 6.15. The van der Waals surface area contributed by atoms with Crippen LogP contribution in [0.5, 0.6) is 0 Å². The van der Waals surface area contributed by atoms with E-state index in [1.807, 2.05) is 19.2 Å². The Balaban J connectivity index is 2.87. The van der Waals surface area contributed by atoms with Gasteiger partial charge in [-0.05, 0) is 31.2 Å². The molecule has 72 valence electrons. The van der Waals surface area contributed by atoms with Gasteiger partial charge >= 0.3 is 0 Å². The summed E-state index contributed by atoms with van der Waals surface area (Å²) in [5.74, 6) is 0. The molecule has 0 saturated carbocycles. The second kappa shape index (κ2) is 4.39. The van der Waals surface area contributed by atoms with Crippen LogP contribution < -0.4 is 4.90 Å². The lowest BCUT2D eigenvalue weighted by molar-refractivity contribution is 0.564. The van der Waals surface area contributed by atoms with Crippen molar-refractivity contribution in [3.8, 4) is 0 Å². The number of hydrogen-bond donors (Lipinski definition) is 1. The summed E-state index contributed by atoms with van der Waals surface area (Å²) in [5.41, 5.74) is 1.05. The van der Waals surface area contributed by atoms with Crippen LogP contribution in [0.4, 0.5) is 5.69 Å². The standard InChI is InChI=1S/C9H13NO2S/c1-3-10(2)8-4-6-9(7-5-8)13(11)12/h4-7H,3H2,1-2H3,(H,11,12). The molecule has 0 saturated heterocycles. The minimum absolute atomic E-state index is 0.438. The van der Waals surface area contributed by atoms with E-state index in [1.54, 1.807) is 12.1 Å². The Morgan fingerprint density at radius 3 is 2.31 bits per heavy atom. The van der Waals surface area contributed by atoms with Crippen LogP contribution in [-0.2, 0) is 11.1 Å². The zero-order chi connectivity index (χ0) is 9.84. The quantitative estimate of drug-likeness (QED) is 0.754. The summed E-state index contributed by atoms with van der Waals surface area (Å²) in [6.45, 7) is 2.97. The minimum Gasteiger partial charge on any atom is -0.375 e. The molecule has 0 bridgehead atoms. The third kappa shape index (κ3) is 2.54. The summed E-state index contributed by atoms with van der Waals surface area (Å²) in [4.78, 5) is 2.50. The van der Waals surface area contributed by atoms with Crippen molar-refractivity contribution in [3.63, 3.8) is 0 Å². The SMILES string of the molecule is CCN(C)c1ccc(S(=O)O)cc1. The van der Waals surface area contributed by atoms with Crippen LogP contribution in [0.25, 0.3) is 0 Å². The normalized spacial score (nSPS) is 12.5. The first kappa shape index (κ1) is 10.2. The predicted octanol–water partition coefficient (Wildman–Crippen LogP) is 1.72. The molecule has 0 amide bonds. The highest BCUT2D eigenvalue weighted by Gasteiger charge is 2.01. The summed E-state index contributed by atoms with van der Waals surface area (Å²) in [6.07, 6.45) is 0. The highest BCUT2D eigenvalue weighted by atomic mass is 32.2. The van der Waals surface area contributed by atoms with E-state index in [2.05, 4.69) is 11.8 Å². The molecule has 13 heavy (non-hydrogen) atoms. The molecule has 0 heterocycles. The molecule has 1 atom stereocenters. The van der Waals surface area contributed by atoms with Crippen LogP contribution in [0.15, 0.2) is 29.2 Å². The molecule has 4 heteroatoms. The molecule has 1 aromatic rings. The van der Waals surface area contributed by atoms with Crippen molar-refractivity contribution in [3.05, 3.63) is 24.3 Å². The van der Waals surface area contributed by atoms with Crippen molar-refractivity contribution in [2.75, 3.05) is 18.5 Å². The van der Waals surface area contributed by atoms with Gasteiger partial charge in [0.05, 0.1) is 4.90 Å². The van der Waals surface area contributed by atoms with E-state index in [4.69, 9.17) is 4.55 Å². The molecule has 0 aliphatic heterocycles. The van der Waals surface area contributed by atoms with Gasteiger partial charge in [-0.2, -0.15) is 0 Å². The van der Waals surface area contributed by atoms with Crippen molar-refractivity contribution in [1.29, 1.82) is 0 Å². The summed E-state index contributed by atoms with van der Waals surface area (Å²) in [5, 5.41) is 0. The lowest BCUT2D eigenvalue weighted by atomic mass is 10.3. The third-order valence-electron chi connectivity index (χ3n) is 1.95.